The fourth-order valence-electron chi connectivity index (χ4n) is 2.20. The van der Waals surface area contributed by atoms with Gasteiger partial charge < -0.3 is 43.7 Å². The van der Waals surface area contributed by atoms with Crippen LogP contribution in [0.15, 0.2) is 10.1 Å². The minimum atomic E-state index is 0.196. The van der Waals surface area contributed by atoms with Crippen molar-refractivity contribution in [1.29, 1.82) is 0 Å². The third-order valence-corrected chi connectivity index (χ3v) is 3.89. The maximum atomic E-state index is 5.45. The highest BCUT2D eigenvalue weighted by Gasteiger charge is 1.98. The van der Waals surface area contributed by atoms with Gasteiger partial charge >= 0.3 is 0 Å². The second-order valence-corrected chi connectivity index (χ2v) is 7.33. The van der Waals surface area contributed by atoms with E-state index in [0.29, 0.717) is 105 Å². The van der Waals surface area contributed by atoms with Crippen molar-refractivity contribution in [3.63, 3.8) is 0 Å². The van der Waals surface area contributed by atoms with Crippen molar-refractivity contribution >= 4 is 11.9 Å². The standard InChI is InChI=1S/C23H47N3O8/c1-4-5-27-6-7-28-8-9-29-10-11-30-12-13-31-14-15-32-16-17-33-18-19-34-21-23(26-24)20-25-22(2)3/h20,22H,4-19,21,24H2,1-3H3/b25-20?,26-23+. The number of hydrogen-bond acceptors (Lipinski definition) is 11. The summed E-state index contributed by atoms with van der Waals surface area (Å²) in [6.07, 6.45) is 2.66. The van der Waals surface area contributed by atoms with Gasteiger partial charge in [0.1, 0.15) is 5.71 Å². The van der Waals surface area contributed by atoms with Crippen LogP contribution in [0.1, 0.15) is 27.2 Å². The number of aliphatic imine (C=N–C) groups is 1. The summed E-state index contributed by atoms with van der Waals surface area (Å²) in [6.45, 7) is 14.6. The fraction of sp³-hybridized carbons (Fsp3) is 0.913. The van der Waals surface area contributed by atoms with Crippen LogP contribution in [-0.4, -0.2) is 124 Å². The van der Waals surface area contributed by atoms with Crippen LogP contribution in [0.2, 0.25) is 0 Å². The van der Waals surface area contributed by atoms with Crippen LogP contribution >= 0.6 is 0 Å². The van der Waals surface area contributed by atoms with Gasteiger partial charge in [0.2, 0.25) is 0 Å². The van der Waals surface area contributed by atoms with Crippen molar-refractivity contribution in [2.45, 2.75) is 33.2 Å². The fourth-order valence-corrected chi connectivity index (χ4v) is 2.20. The Bertz CT molecular complexity index is 467. The van der Waals surface area contributed by atoms with Crippen molar-refractivity contribution in [3.05, 3.63) is 0 Å². The van der Waals surface area contributed by atoms with Gasteiger partial charge in [-0.1, -0.05) is 6.92 Å². The molecule has 0 unspecified atom stereocenters. The molecule has 0 aliphatic heterocycles. The molecular weight excluding hydrogens is 446 g/mol. The van der Waals surface area contributed by atoms with Crippen LogP contribution in [0.5, 0.6) is 0 Å². The molecule has 202 valence electrons. The lowest BCUT2D eigenvalue weighted by Gasteiger charge is -2.08. The first kappa shape index (κ1) is 32.8. The Morgan fingerprint density at radius 3 is 1.21 bits per heavy atom. The Kier molecular flexibility index (Phi) is 27.1. The molecule has 0 bridgehead atoms. The van der Waals surface area contributed by atoms with Crippen molar-refractivity contribution < 1.29 is 37.9 Å². The summed E-state index contributed by atoms with van der Waals surface area (Å²) in [5, 5.41) is 3.64. The van der Waals surface area contributed by atoms with Crippen LogP contribution in [0.4, 0.5) is 0 Å². The molecule has 0 aliphatic carbocycles. The van der Waals surface area contributed by atoms with Gasteiger partial charge in [0.25, 0.3) is 0 Å². The molecule has 0 aliphatic rings. The molecule has 0 aromatic rings. The quantitative estimate of drug-likeness (QED) is 0.0780. The number of nitrogens with two attached hydrogens (primary N) is 1. The lowest BCUT2D eigenvalue weighted by molar-refractivity contribution is -0.0224. The van der Waals surface area contributed by atoms with Crippen LogP contribution in [0.3, 0.4) is 0 Å². The van der Waals surface area contributed by atoms with Crippen molar-refractivity contribution in [2.24, 2.45) is 15.9 Å². The average Bonchev–Trinajstić information content (AvgIpc) is 2.83. The summed E-state index contributed by atoms with van der Waals surface area (Å²) >= 11 is 0. The van der Waals surface area contributed by atoms with E-state index in [-0.39, 0.29) is 6.04 Å². The van der Waals surface area contributed by atoms with Crippen LogP contribution < -0.4 is 5.84 Å². The first-order chi connectivity index (χ1) is 16.7. The summed E-state index contributed by atoms with van der Waals surface area (Å²) < 4.78 is 43.3. The second-order valence-electron chi connectivity index (χ2n) is 7.33. The van der Waals surface area contributed by atoms with E-state index in [9.17, 15) is 0 Å². The topological polar surface area (TPSA) is 125 Å². The van der Waals surface area contributed by atoms with E-state index in [4.69, 9.17) is 43.7 Å². The minimum Gasteiger partial charge on any atom is -0.379 e. The molecule has 0 heterocycles. The molecule has 0 aromatic heterocycles. The average molecular weight is 494 g/mol. The Morgan fingerprint density at radius 2 is 0.912 bits per heavy atom. The SMILES string of the molecule is CCCOCCOCCOCCOCCOCCOCCOCCOC/C(C=NC(C)C)=N/N. The maximum Gasteiger partial charge on any atom is 0.103 e. The maximum absolute atomic E-state index is 5.45. The number of hydrazone groups is 1. The number of ether oxygens (including phenoxy) is 8. The summed E-state index contributed by atoms with van der Waals surface area (Å²) in [5.74, 6) is 5.30. The Balaban J connectivity index is 3.16. The van der Waals surface area contributed by atoms with E-state index in [2.05, 4.69) is 17.0 Å². The van der Waals surface area contributed by atoms with Crippen molar-refractivity contribution in [1.82, 2.24) is 0 Å². The summed E-state index contributed by atoms with van der Waals surface area (Å²) in [7, 11) is 0. The van der Waals surface area contributed by atoms with Gasteiger partial charge in [-0.15, -0.1) is 0 Å². The molecule has 0 radical (unpaired) electrons. The lowest BCUT2D eigenvalue weighted by Crippen LogP contribution is -2.17. The van der Waals surface area contributed by atoms with E-state index in [1.54, 1.807) is 6.21 Å². The van der Waals surface area contributed by atoms with Gasteiger partial charge in [0.05, 0.1) is 99.1 Å². The zero-order valence-electron chi connectivity index (χ0n) is 21.4. The van der Waals surface area contributed by atoms with Crippen LogP contribution in [-0.2, 0) is 37.9 Å². The van der Waals surface area contributed by atoms with E-state index < -0.39 is 0 Å². The van der Waals surface area contributed by atoms with E-state index >= 15 is 0 Å². The molecule has 0 atom stereocenters. The Labute approximate surface area is 205 Å². The lowest BCUT2D eigenvalue weighted by atomic mass is 10.4. The molecule has 0 fully saturated rings. The molecule has 0 saturated heterocycles. The van der Waals surface area contributed by atoms with Gasteiger partial charge in [0, 0.05) is 18.9 Å². The smallest absolute Gasteiger partial charge is 0.103 e. The molecule has 11 nitrogen and oxygen atoms in total. The van der Waals surface area contributed by atoms with Crippen LogP contribution in [0, 0.1) is 0 Å². The third-order valence-electron chi connectivity index (χ3n) is 3.89. The second kappa shape index (κ2) is 28.1. The van der Waals surface area contributed by atoms with Gasteiger partial charge in [0.15, 0.2) is 0 Å². The highest BCUT2D eigenvalue weighted by atomic mass is 16.6. The highest BCUT2D eigenvalue weighted by molar-refractivity contribution is 6.31. The summed E-state index contributed by atoms with van der Waals surface area (Å²) in [4.78, 5) is 4.21. The third kappa shape index (κ3) is 27.1. The van der Waals surface area contributed by atoms with E-state index in [1.807, 2.05) is 13.8 Å². The van der Waals surface area contributed by atoms with Gasteiger partial charge in [-0.25, -0.2) is 0 Å². The zero-order valence-corrected chi connectivity index (χ0v) is 21.4. The predicted octanol–water partition coefficient (Wildman–Crippen LogP) is 1.32. The summed E-state index contributed by atoms with van der Waals surface area (Å²) in [5.41, 5.74) is 0.598. The van der Waals surface area contributed by atoms with Gasteiger partial charge in [-0.05, 0) is 20.3 Å². The zero-order chi connectivity index (χ0) is 25.0. The molecule has 0 aromatic carbocycles. The molecule has 11 heteroatoms. The number of hydrogen-bond donors (Lipinski definition) is 1. The van der Waals surface area contributed by atoms with E-state index in [1.165, 1.54) is 0 Å². The summed E-state index contributed by atoms with van der Waals surface area (Å²) in [6, 6.07) is 0.196. The normalized spacial score (nSPS) is 12.4. The Morgan fingerprint density at radius 1 is 0.588 bits per heavy atom. The minimum absolute atomic E-state index is 0.196. The Hall–Kier alpha value is -1.18. The van der Waals surface area contributed by atoms with Gasteiger partial charge in [-0.3, -0.25) is 4.99 Å². The molecule has 34 heavy (non-hydrogen) atoms. The molecule has 0 rings (SSSR count). The first-order valence-corrected chi connectivity index (χ1v) is 12.1. The highest BCUT2D eigenvalue weighted by Crippen LogP contribution is 1.88. The van der Waals surface area contributed by atoms with Crippen LogP contribution in [0.25, 0.3) is 0 Å². The first-order valence-electron chi connectivity index (χ1n) is 12.1. The van der Waals surface area contributed by atoms with Crippen molar-refractivity contribution in [2.75, 3.05) is 106 Å². The molecular formula is C23H47N3O8. The predicted molar refractivity (Wildman–Crippen MR) is 132 cm³/mol. The number of nitrogens with zero attached hydrogens (tertiary/aromatic N) is 2. The molecule has 2 N–H and O–H groups in total. The van der Waals surface area contributed by atoms with Gasteiger partial charge in [-0.2, -0.15) is 5.10 Å². The monoisotopic (exact) mass is 493 g/mol. The molecule has 0 saturated carbocycles. The van der Waals surface area contributed by atoms with E-state index in [0.717, 1.165) is 13.0 Å². The molecule has 0 amide bonds. The molecule has 0 spiro atoms. The largest absolute Gasteiger partial charge is 0.379 e. The van der Waals surface area contributed by atoms with Crippen molar-refractivity contribution in [3.8, 4) is 0 Å². The number of rotatable bonds is 27.